The Morgan fingerprint density at radius 1 is 1.30 bits per heavy atom. The summed E-state index contributed by atoms with van der Waals surface area (Å²) in [7, 11) is 0. The Bertz CT molecular complexity index is 719. The Labute approximate surface area is 178 Å². The molecule has 0 radical (unpaired) electrons. The summed E-state index contributed by atoms with van der Waals surface area (Å²) in [5.74, 6) is 1.59. The lowest BCUT2D eigenvalue weighted by Gasteiger charge is -2.34. The molecule has 5 nitrogen and oxygen atoms in total. The van der Waals surface area contributed by atoms with Crippen molar-refractivity contribution in [3.63, 3.8) is 0 Å². The number of nitrogens with one attached hydrogen (secondary N) is 1. The number of nitrogens with zero attached hydrogens (tertiary/aromatic N) is 3. The number of aryl methyl sites for hydroxylation is 1. The van der Waals surface area contributed by atoms with Gasteiger partial charge >= 0.3 is 0 Å². The number of hydrogen-bond donors (Lipinski definition) is 1. The number of rotatable bonds is 7. The third-order valence-electron chi connectivity index (χ3n) is 4.66. The van der Waals surface area contributed by atoms with E-state index in [1.807, 2.05) is 6.07 Å². The van der Waals surface area contributed by atoms with E-state index in [4.69, 9.17) is 0 Å². The van der Waals surface area contributed by atoms with Gasteiger partial charge in [-0.05, 0) is 50.9 Å². The second kappa shape index (κ2) is 11.8. The van der Waals surface area contributed by atoms with Crippen LogP contribution >= 0.6 is 36.6 Å². The molecular formula is C19H30Cl2N4OS. The molecule has 0 aromatic carbocycles. The number of carbonyl (C=O) groups is 1. The highest BCUT2D eigenvalue weighted by atomic mass is 35.5. The summed E-state index contributed by atoms with van der Waals surface area (Å²) >= 11 is 1.67. The standard InChI is InChI=1S/C19H28N4OS.2ClH/c1-3-10-23(17-6-8-20-9-7-17)19(24)14-25-13-16-12-22-11-15(2)4-5-18(22)21-16;;/h4-5,11-12,17,20H,3,6-10,13-14H2,1-2H3;2*1H. The van der Waals surface area contributed by atoms with Gasteiger partial charge in [0.05, 0.1) is 11.4 Å². The summed E-state index contributed by atoms with van der Waals surface area (Å²) in [5.41, 5.74) is 3.22. The number of aromatic nitrogens is 2. The fourth-order valence-electron chi connectivity index (χ4n) is 3.42. The number of imidazole rings is 1. The maximum atomic E-state index is 12.7. The van der Waals surface area contributed by atoms with Gasteiger partial charge in [0.25, 0.3) is 0 Å². The van der Waals surface area contributed by atoms with Crippen LogP contribution in [-0.4, -0.2) is 51.6 Å². The molecule has 0 bridgehead atoms. The molecule has 1 fully saturated rings. The van der Waals surface area contributed by atoms with Crippen LogP contribution in [0.5, 0.6) is 0 Å². The predicted octanol–water partition coefficient (Wildman–Crippen LogP) is 3.71. The van der Waals surface area contributed by atoms with Crippen LogP contribution in [0.3, 0.4) is 0 Å². The molecule has 152 valence electrons. The zero-order chi connectivity index (χ0) is 17.6. The van der Waals surface area contributed by atoms with E-state index >= 15 is 0 Å². The minimum absolute atomic E-state index is 0. The van der Waals surface area contributed by atoms with Gasteiger partial charge in [0.2, 0.25) is 5.91 Å². The highest BCUT2D eigenvalue weighted by molar-refractivity contribution is 7.99. The van der Waals surface area contributed by atoms with Crippen molar-refractivity contribution >= 4 is 48.1 Å². The van der Waals surface area contributed by atoms with Gasteiger partial charge in [-0.1, -0.05) is 13.0 Å². The molecule has 1 aliphatic heterocycles. The maximum Gasteiger partial charge on any atom is 0.232 e. The molecule has 0 spiro atoms. The Kier molecular flexibility index (Phi) is 10.5. The second-order valence-electron chi connectivity index (χ2n) is 6.77. The van der Waals surface area contributed by atoms with E-state index in [9.17, 15) is 4.79 Å². The van der Waals surface area contributed by atoms with Crippen LogP contribution in [0.4, 0.5) is 0 Å². The maximum absolute atomic E-state index is 12.7. The number of amides is 1. The minimum atomic E-state index is 0. The fraction of sp³-hybridized carbons (Fsp3) is 0.579. The summed E-state index contributed by atoms with van der Waals surface area (Å²) in [6, 6.07) is 4.52. The lowest BCUT2D eigenvalue weighted by molar-refractivity contribution is -0.131. The predicted molar refractivity (Wildman–Crippen MR) is 118 cm³/mol. The molecule has 0 saturated carbocycles. The molecule has 8 heteroatoms. The van der Waals surface area contributed by atoms with E-state index < -0.39 is 0 Å². The molecule has 1 aliphatic rings. The molecule has 3 rings (SSSR count). The van der Waals surface area contributed by atoms with Crippen molar-refractivity contribution in [2.45, 2.75) is 44.9 Å². The fourth-order valence-corrected chi connectivity index (χ4v) is 4.21. The van der Waals surface area contributed by atoms with Crippen molar-refractivity contribution in [1.82, 2.24) is 19.6 Å². The third-order valence-corrected chi connectivity index (χ3v) is 5.61. The summed E-state index contributed by atoms with van der Waals surface area (Å²) < 4.78 is 2.06. The smallest absolute Gasteiger partial charge is 0.232 e. The zero-order valence-electron chi connectivity index (χ0n) is 16.0. The first-order chi connectivity index (χ1) is 12.2. The van der Waals surface area contributed by atoms with Crippen LogP contribution in [0.15, 0.2) is 24.5 Å². The first-order valence-corrected chi connectivity index (χ1v) is 10.3. The Balaban J connectivity index is 0.00000182. The minimum Gasteiger partial charge on any atom is -0.339 e. The van der Waals surface area contributed by atoms with Crippen LogP contribution in [-0.2, 0) is 10.5 Å². The number of carbonyl (C=O) groups excluding carboxylic acids is 1. The van der Waals surface area contributed by atoms with Crippen molar-refractivity contribution < 1.29 is 4.79 Å². The van der Waals surface area contributed by atoms with E-state index in [1.165, 1.54) is 5.56 Å². The van der Waals surface area contributed by atoms with E-state index in [2.05, 4.69) is 51.9 Å². The largest absolute Gasteiger partial charge is 0.339 e. The number of halogens is 2. The molecular weight excluding hydrogens is 403 g/mol. The van der Waals surface area contributed by atoms with Gasteiger partial charge in [-0.25, -0.2) is 4.98 Å². The number of fused-ring (bicyclic) bond motifs is 1. The topological polar surface area (TPSA) is 49.6 Å². The van der Waals surface area contributed by atoms with Crippen LogP contribution in [0.25, 0.3) is 5.65 Å². The molecule has 1 N–H and O–H groups in total. The second-order valence-corrected chi connectivity index (χ2v) is 7.75. The molecule has 0 unspecified atom stereocenters. The third kappa shape index (κ3) is 6.56. The number of thioether (sulfide) groups is 1. The van der Waals surface area contributed by atoms with Gasteiger partial charge in [0.1, 0.15) is 5.65 Å². The summed E-state index contributed by atoms with van der Waals surface area (Å²) in [5, 5.41) is 3.38. The SMILES string of the molecule is CCCN(C(=O)CSCc1cn2cc(C)ccc2n1)C1CCNCC1.Cl.Cl. The van der Waals surface area contributed by atoms with E-state index in [-0.39, 0.29) is 30.7 Å². The van der Waals surface area contributed by atoms with Crippen molar-refractivity contribution in [2.75, 3.05) is 25.4 Å². The summed E-state index contributed by atoms with van der Waals surface area (Å²) in [4.78, 5) is 19.4. The highest BCUT2D eigenvalue weighted by Gasteiger charge is 2.24. The molecule has 1 saturated heterocycles. The van der Waals surface area contributed by atoms with Crippen LogP contribution < -0.4 is 5.32 Å². The first-order valence-electron chi connectivity index (χ1n) is 9.19. The normalized spacial score (nSPS) is 14.4. The highest BCUT2D eigenvalue weighted by Crippen LogP contribution is 2.17. The quantitative estimate of drug-likeness (QED) is 0.723. The number of piperidine rings is 1. The zero-order valence-corrected chi connectivity index (χ0v) is 18.5. The monoisotopic (exact) mass is 432 g/mol. The summed E-state index contributed by atoms with van der Waals surface area (Å²) in [6.07, 6.45) is 7.31. The lowest BCUT2D eigenvalue weighted by atomic mass is 10.0. The Hall–Kier alpha value is -0.950. The first kappa shape index (κ1) is 24.1. The van der Waals surface area contributed by atoms with Gasteiger partial charge in [0.15, 0.2) is 0 Å². The van der Waals surface area contributed by atoms with Crippen molar-refractivity contribution in [3.8, 4) is 0 Å². The Morgan fingerprint density at radius 2 is 2.04 bits per heavy atom. The van der Waals surface area contributed by atoms with Gasteiger partial charge in [-0.15, -0.1) is 36.6 Å². The van der Waals surface area contributed by atoms with E-state index in [0.29, 0.717) is 11.8 Å². The van der Waals surface area contributed by atoms with Gasteiger partial charge in [-0.2, -0.15) is 0 Å². The molecule has 0 aliphatic carbocycles. The van der Waals surface area contributed by atoms with Crippen LogP contribution in [0.2, 0.25) is 0 Å². The summed E-state index contributed by atoms with van der Waals surface area (Å²) in [6.45, 7) is 7.14. The lowest BCUT2D eigenvalue weighted by Crippen LogP contribution is -2.47. The van der Waals surface area contributed by atoms with Crippen molar-refractivity contribution in [2.24, 2.45) is 0 Å². The molecule has 1 amide bonds. The van der Waals surface area contributed by atoms with Crippen molar-refractivity contribution in [3.05, 3.63) is 35.8 Å². The molecule has 2 aromatic rings. The Morgan fingerprint density at radius 3 is 2.74 bits per heavy atom. The van der Waals surface area contributed by atoms with Crippen molar-refractivity contribution in [1.29, 1.82) is 0 Å². The molecule has 27 heavy (non-hydrogen) atoms. The average Bonchev–Trinajstić information content (AvgIpc) is 3.02. The number of hydrogen-bond acceptors (Lipinski definition) is 4. The molecule has 0 atom stereocenters. The molecule has 2 aromatic heterocycles. The van der Waals surface area contributed by atoms with E-state index in [0.717, 1.165) is 56.0 Å². The van der Waals surface area contributed by atoms with Gasteiger partial charge < -0.3 is 14.6 Å². The molecule has 3 heterocycles. The van der Waals surface area contributed by atoms with Crippen LogP contribution in [0, 0.1) is 6.92 Å². The van der Waals surface area contributed by atoms with E-state index in [1.54, 1.807) is 11.8 Å². The number of pyridine rings is 1. The average molecular weight is 433 g/mol. The van der Waals surface area contributed by atoms with Crippen LogP contribution in [0.1, 0.15) is 37.4 Å². The van der Waals surface area contributed by atoms with Gasteiger partial charge in [0, 0.05) is 30.7 Å². The van der Waals surface area contributed by atoms with Gasteiger partial charge in [-0.3, -0.25) is 4.79 Å².